The average Bonchev–Trinajstić information content (AvgIpc) is 2.86. The second kappa shape index (κ2) is 5.12. The van der Waals surface area contributed by atoms with E-state index < -0.39 is 28.6 Å². The summed E-state index contributed by atoms with van der Waals surface area (Å²) in [5.74, 6) is -1.51. The molecule has 1 aromatic heterocycles. The van der Waals surface area contributed by atoms with Crippen LogP contribution in [0.3, 0.4) is 0 Å². The van der Waals surface area contributed by atoms with E-state index in [1.54, 1.807) is 0 Å². The van der Waals surface area contributed by atoms with Crippen molar-refractivity contribution < 1.29 is 27.2 Å². The molecule has 0 saturated carbocycles. The third-order valence-corrected chi connectivity index (χ3v) is 2.65. The molecule has 9 heteroatoms. The molecule has 2 rings (SSSR count). The number of nitrogens with zero attached hydrogens (tertiary/aromatic N) is 2. The highest BCUT2D eigenvalue weighted by Gasteiger charge is 2.33. The molecule has 1 aromatic carbocycles. The van der Waals surface area contributed by atoms with Crippen LogP contribution in [-0.4, -0.2) is 23.2 Å². The Balaban J connectivity index is 2.44. The summed E-state index contributed by atoms with van der Waals surface area (Å²) in [6, 6.07) is 3.12. The zero-order chi connectivity index (χ0) is 14.9. The van der Waals surface area contributed by atoms with Crippen molar-refractivity contribution in [3.05, 3.63) is 34.7 Å². The van der Waals surface area contributed by atoms with Crippen molar-refractivity contribution in [1.82, 2.24) is 10.1 Å². The van der Waals surface area contributed by atoms with Crippen LogP contribution in [0.15, 0.2) is 22.7 Å². The van der Waals surface area contributed by atoms with Crippen molar-refractivity contribution in [2.24, 2.45) is 0 Å². The number of benzene rings is 1. The van der Waals surface area contributed by atoms with Gasteiger partial charge in [0.05, 0.1) is 17.7 Å². The molecule has 5 nitrogen and oxygen atoms in total. The zero-order valence-corrected chi connectivity index (χ0v) is 10.6. The van der Waals surface area contributed by atoms with Gasteiger partial charge >= 0.3 is 18.0 Å². The maximum Gasteiger partial charge on any atom is 0.417 e. The van der Waals surface area contributed by atoms with Crippen LogP contribution < -0.4 is 0 Å². The van der Waals surface area contributed by atoms with Crippen molar-refractivity contribution in [2.75, 3.05) is 7.11 Å². The van der Waals surface area contributed by atoms with E-state index in [2.05, 4.69) is 19.4 Å². The molecule has 106 valence electrons. The molecule has 0 saturated heterocycles. The van der Waals surface area contributed by atoms with E-state index in [0.29, 0.717) is 0 Å². The lowest BCUT2D eigenvalue weighted by atomic mass is 10.1. The van der Waals surface area contributed by atoms with Crippen LogP contribution in [0.4, 0.5) is 13.2 Å². The van der Waals surface area contributed by atoms with Gasteiger partial charge < -0.3 is 9.26 Å². The van der Waals surface area contributed by atoms with Crippen molar-refractivity contribution in [3.8, 4) is 11.4 Å². The SMILES string of the molecule is COC(=O)c1nc(-c2ccc(Cl)c(C(F)(F)F)c2)no1. The first kappa shape index (κ1) is 14.3. The Morgan fingerprint density at radius 1 is 1.40 bits per heavy atom. The van der Waals surface area contributed by atoms with Crippen LogP contribution in [0.25, 0.3) is 11.4 Å². The van der Waals surface area contributed by atoms with Gasteiger partial charge in [-0.05, 0) is 18.2 Å². The fraction of sp³-hybridized carbons (Fsp3) is 0.182. The minimum Gasteiger partial charge on any atom is -0.462 e. The van der Waals surface area contributed by atoms with Crippen molar-refractivity contribution in [1.29, 1.82) is 0 Å². The summed E-state index contributed by atoms with van der Waals surface area (Å²) in [5.41, 5.74) is -1.01. The van der Waals surface area contributed by atoms with Gasteiger partial charge in [0.1, 0.15) is 0 Å². The van der Waals surface area contributed by atoms with Gasteiger partial charge in [-0.1, -0.05) is 16.8 Å². The smallest absolute Gasteiger partial charge is 0.417 e. The lowest BCUT2D eigenvalue weighted by Gasteiger charge is -2.09. The first-order valence-electron chi connectivity index (χ1n) is 5.12. The lowest BCUT2D eigenvalue weighted by Crippen LogP contribution is -2.06. The second-order valence-corrected chi connectivity index (χ2v) is 4.01. The Morgan fingerprint density at radius 2 is 2.10 bits per heavy atom. The molecule has 0 atom stereocenters. The second-order valence-electron chi connectivity index (χ2n) is 3.61. The first-order valence-corrected chi connectivity index (χ1v) is 5.50. The molecule has 0 aliphatic heterocycles. The van der Waals surface area contributed by atoms with Crippen LogP contribution >= 0.6 is 11.6 Å². The van der Waals surface area contributed by atoms with Gasteiger partial charge in [-0.15, -0.1) is 0 Å². The van der Waals surface area contributed by atoms with Crippen molar-refractivity contribution >= 4 is 17.6 Å². The molecule has 1 heterocycles. The standard InChI is InChI=1S/C11H6ClF3N2O3/c1-19-10(18)9-16-8(17-20-9)5-2-3-7(12)6(4-5)11(13,14)15/h2-4H,1H3. The zero-order valence-electron chi connectivity index (χ0n) is 9.86. The van der Waals surface area contributed by atoms with Gasteiger partial charge in [0.2, 0.25) is 5.82 Å². The maximum atomic E-state index is 12.7. The van der Waals surface area contributed by atoms with Crippen LogP contribution in [-0.2, 0) is 10.9 Å². The number of aromatic nitrogens is 2. The number of esters is 1. The van der Waals surface area contributed by atoms with E-state index in [9.17, 15) is 18.0 Å². The number of ether oxygens (including phenoxy) is 1. The van der Waals surface area contributed by atoms with Crippen LogP contribution in [0, 0.1) is 0 Å². The molecule has 0 amide bonds. The normalized spacial score (nSPS) is 11.4. The molecule has 0 aliphatic rings. The summed E-state index contributed by atoms with van der Waals surface area (Å²) in [7, 11) is 1.11. The molecular weight excluding hydrogens is 301 g/mol. The minimum absolute atomic E-state index is 0.0145. The number of carbonyl (C=O) groups is 1. The maximum absolute atomic E-state index is 12.7. The Morgan fingerprint density at radius 3 is 2.70 bits per heavy atom. The average molecular weight is 307 g/mol. The molecule has 0 fully saturated rings. The highest BCUT2D eigenvalue weighted by Crippen LogP contribution is 2.36. The molecule has 0 N–H and O–H groups in total. The quantitative estimate of drug-likeness (QED) is 0.797. The van der Waals surface area contributed by atoms with Gasteiger partial charge in [-0.3, -0.25) is 0 Å². The monoisotopic (exact) mass is 306 g/mol. The summed E-state index contributed by atoms with van der Waals surface area (Å²) < 4.78 is 47.1. The minimum atomic E-state index is -4.61. The fourth-order valence-electron chi connectivity index (χ4n) is 1.39. The molecular formula is C11H6ClF3N2O3. The fourth-order valence-corrected chi connectivity index (χ4v) is 1.62. The first-order chi connectivity index (χ1) is 9.32. The molecule has 0 aliphatic carbocycles. The Hall–Kier alpha value is -2.09. The number of hydrogen-bond donors (Lipinski definition) is 0. The van der Waals surface area contributed by atoms with Crippen LogP contribution in [0.1, 0.15) is 16.2 Å². The summed E-state index contributed by atoms with van der Waals surface area (Å²) in [4.78, 5) is 14.8. The lowest BCUT2D eigenvalue weighted by molar-refractivity contribution is -0.137. The molecule has 0 radical (unpaired) electrons. The molecule has 0 unspecified atom stereocenters. The van der Waals surface area contributed by atoms with Gasteiger partial charge in [0, 0.05) is 5.56 Å². The molecule has 20 heavy (non-hydrogen) atoms. The summed E-state index contributed by atoms with van der Waals surface area (Å²) in [6.07, 6.45) is -4.61. The van der Waals surface area contributed by atoms with E-state index in [1.165, 1.54) is 6.07 Å². The van der Waals surface area contributed by atoms with E-state index in [4.69, 9.17) is 11.6 Å². The summed E-state index contributed by atoms with van der Waals surface area (Å²) in [6.45, 7) is 0. The largest absolute Gasteiger partial charge is 0.462 e. The number of alkyl halides is 3. The highest BCUT2D eigenvalue weighted by molar-refractivity contribution is 6.31. The topological polar surface area (TPSA) is 65.2 Å². The third-order valence-electron chi connectivity index (χ3n) is 2.32. The van der Waals surface area contributed by atoms with Gasteiger partial charge in [-0.2, -0.15) is 18.2 Å². The summed E-state index contributed by atoms with van der Waals surface area (Å²) in [5, 5.41) is 2.96. The van der Waals surface area contributed by atoms with E-state index in [0.717, 1.165) is 19.2 Å². The number of carbonyl (C=O) groups excluding carboxylic acids is 1. The van der Waals surface area contributed by atoms with Crippen molar-refractivity contribution in [3.63, 3.8) is 0 Å². The number of hydrogen-bond acceptors (Lipinski definition) is 5. The Kier molecular flexibility index (Phi) is 3.67. The van der Waals surface area contributed by atoms with Crippen LogP contribution in [0.5, 0.6) is 0 Å². The molecule has 0 bridgehead atoms. The van der Waals surface area contributed by atoms with Gasteiger partial charge in [0.25, 0.3) is 0 Å². The number of rotatable bonds is 2. The van der Waals surface area contributed by atoms with E-state index >= 15 is 0 Å². The van der Waals surface area contributed by atoms with E-state index in [-0.39, 0.29) is 11.4 Å². The summed E-state index contributed by atoms with van der Waals surface area (Å²) >= 11 is 5.49. The molecule has 0 spiro atoms. The van der Waals surface area contributed by atoms with Crippen molar-refractivity contribution in [2.45, 2.75) is 6.18 Å². The highest BCUT2D eigenvalue weighted by atomic mass is 35.5. The molecule has 2 aromatic rings. The van der Waals surface area contributed by atoms with Crippen LogP contribution in [0.2, 0.25) is 5.02 Å². The number of halogens is 4. The van der Waals surface area contributed by atoms with Gasteiger partial charge in [-0.25, -0.2) is 4.79 Å². The van der Waals surface area contributed by atoms with Gasteiger partial charge in [0.15, 0.2) is 0 Å². The predicted molar refractivity (Wildman–Crippen MR) is 61.1 cm³/mol. The Bertz CT molecular complexity index is 655. The third kappa shape index (κ3) is 2.74. The number of methoxy groups -OCH3 is 1. The van der Waals surface area contributed by atoms with E-state index in [1.807, 2.05) is 0 Å². The predicted octanol–water partition coefficient (Wildman–Crippen LogP) is 3.20. The Labute approximate surface area is 115 Å².